The molecule has 0 aromatic heterocycles. The molecule has 152 valence electrons. The van der Waals surface area contributed by atoms with E-state index in [1.165, 1.54) is 0 Å². The second-order valence-corrected chi connectivity index (χ2v) is 7.10. The van der Waals surface area contributed by atoms with Crippen LogP contribution in [0.25, 0.3) is 0 Å². The fourth-order valence-electron chi connectivity index (χ4n) is 2.83. The molecule has 2 rings (SSSR count). The molecule has 0 aliphatic carbocycles. The van der Waals surface area contributed by atoms with Crippen molar-refractivity contribution in [2.45, 2.75) is 43.8 Å². The Morgan fingerprint density at radius 2 is 1.96 bits per heavy atom. The number of rotatable bonds is 7. The molecule has 2 saturated heterocycles. The van der Waals surface area contributed by atoms with Crippen molar-refractivity contribution in [1.82, 2.24) is 20.8 Å². The minimum Gasteiger partial charge on any atom is -0.370 e. The van der Waals surface area contributed by atoms with Gasteiger partial charge in [0.2, 0.25) is 5.91 Å². The van der Waals surface area contributed by atoms with Crippen LogP contribution in [0.2, 0.25) is 0 Å². The number of hydroxylamine groups is 2. The van der Waals surface area contributed by atoms with Crippen LogP contribution in [0.4, 0.5) is 4.79 Å². The van der Waals surface area contributed by atoms with Gasteiger partial charge in [0, 0.05) is 13.0 Å². The van der Waals surface area contributed by atoms with Crippen molar-refractivity contribution in [3.63, 3.8) is 0 Å². The molecule has 27 heavy (non-hydrogen) atoms. The predicted octanol–water partition coefficient (Wildman–Crippen LogP) is -3.27. The highest BCUT2D eigenvalue weighted by Gasteiger charge is 2.49. The summed E-state index contributed by atoms with van der Waals surface area (Å²) in [6, 6.07) is -3.59. The maximum atomic E-state index is 12.3. The first-order valence-corrected chi connectivity index (χ1v) is 9.26. The molecule has 2 fully saturated rings. The summed E-state index contributed by atoms with van der Waals surface area (Å²) in [5.74, 6) is -2.09. The maximum absolute atomic E-state index is 12.3. The average Bonchev–Trinajstić information content (AvgIpc) is 2.80. The zero-order valence-corrected chi connectivity index (χ0v) is 14.8. The van der Waals surface area contributed by atoms with Crippen LogP contribution in [-0.4, -0.2) is 71.4 Å². The number of hydrogen-bond acceptors (Lipinski definition) is 8. The Kier molecular flexibility index (Phi) is 6.19. The number of urea groups is 1. The number of carbonyl (C=O) groups is 4. The van der Waals surface area contributed by atoms with Crippen molar-refractivity contribution in [1.29, 1.82) is 0 Å². The molecule has 2 aliphatic heterocycles. The van der Waals surface area contributed by atoms with Crippen molar-refractivity contribution < 1.29 is 36.4 Å². The molecule has 2 aliphatic rings. The van der Waals surface area contributed by atoms with E-state index in [1.54, 1.807) is 0 Å². The number of hydrogen-bond donors (Lipinski definition) is 5. The summed E-state index contributed by atoms with van der Waals surface area (Å²) in [5, 5.41) is 0.501. The van der Waals surface area contributed by atoms with E-state index in [1.807, 2.05) is 0 Å². The molecule has 0 radical (unpaired) electrons. The first kappa shape index (κ1) is 20.8. The standard InChI is InChI=1S/C12H20N6O8S/c13-7(2-4-9(14)19)10(20)15-16-11(21)8-3-1-6-5-17(8)12(22)18(6)26-27(23,24)25/h6-8H,1-5,13H2,(H2,14,19)(H,15,20)(H,16,21)(H,23,24,25)/t6-,7-,8-/m0/s1. The molecule has 2 bridgehead atoms. The van der Waals surface area contributed by atoms with Crippen molar-refractivity contribution >= 4 is 34.2 Å². The predicted molar refractivity (Wildman–Crippen MR) is 86.1 cm³/mol. The third-order valence-corrected chi connectivity index (χ3v) is 4.50. The molecule has 7 N–H and O–H groups in total. The molecule has 0 unspecified atom stereocenters. The van der Waals surface area contributed by atoms with Crippen molar-refractivity contribution in [3.05, 3.63) is 0 Å². The smallest absolute Gasteiger partial charge is 0.370 e. The van der Waals surface area contributed by atoms with E-state index in [2.05, 4.69) is 15.1 Å². The third kappa shape index (κ3) is 5.25. The molecule has 2 heterocycles. The van der Waals surface area contributed by atoms with E-state index in [4.69, 9.17) is 16.0 Å². The number of primary amides is 1. The number of hydrazine groups is 1. The van der Waals surface area contributed by atoms with Gasteiger partial charge < -0.3 is 16.4 Å². The monoisotopic (exact) mass is 408 g/mol. The highest BCUT2D eigenvalue weighted by Crippen LogP contribution is 2.30. The van der Waals surface area contributed by atoms with Gasteiger partial charge >= 0.3 is 16.4 Å². The van der Waals surface area contributed by atoms with Gasteiger partial charge in [-0.2, -0.15) is 13.5 Å². The molecule has 15 heteroatoms. The quantitative estimate of drug-likeness (QED) is 0.211. The summed E-state index contributed by atoms with van der Waals surface area (Å²) in [7, 11) is -4.89. The number of nitrogens with one attached hydrogen (secondary N) is 2. The van der Waals surface area contributed by atoms with Crippen LogP contribution < -0.4 is 22.3 Å². The van der Waals surface area contributed by atoms with E-state index < -0.39 is 52.3 Å². The number of nitrogens with zero attached hydrogens (tertiary/aromatic N) is 2. The average molecular weight is 408 g/mol. The van der Waals surface area contributed by atoms with E-state index in [0.717, 1.165) is 4.90 Å². The van der Waals surface area contributed by atoms with Crippen LogP contribution in [0.1, 0.15) is 25.7 Å². The number of amides is 5. The van der Waals surface area contributed by atoms with E-state index in [9.17, 15) is 27.6 Å². The molecule has 0 aromatic carbocycles. The minimum absolute atomic E-state index is 0.00527. The zero-order chi connectivity index (χ0) is 20.4. The summed E-state index contributed by atoms with van der Waals surface area (Å²) in [6.45, 7) is 0.0124. The lowest BCUT2D eigenvalue weighted by Crippen LogP contribution is -2.56. The molecule has 5 amide bonds. The number of nitrogens with two attached hydrogens (primary N) is 2. The Morgan fingerprint density at radius 1 is 1.30 bits per heavy atom. The summed E-state index contributed by atoms with van der Waals surface area (Å²) in [5.41, 5.74) is 14.7. The van der Waals surface area contributed by atoms with E-state index in [0.29, 0.717) is 5.06 Å². The number of piperidine rings is 1. The van der Waals surface area contributed by atoms with E-state index >= 15 is 0 Å². The zero-order valence-electron chi connectivity index (χ0n) is 14.0. The van der Waals surface area contributed by atoms with Gasteiger partial charge in [-0.05, 0) is 19.3 Å². The largest absolute Gasteiger partial charge is 0.418 e. The number of fused-ring (bicyclic) bond motifs is 2. The molecular formula is C12H20N6O8S. The normalized spacial score (nSPS) is 23.1. The van der Waals surface area contributed by atoms with Crippen LogP contribution in [0.3, 0.4) is 0 Å². The lowest BCUT2D eigenvalue weighted by molar-refractivity contribution is -0.132. The Hall–Kier alpha value is -2.49. The summed E-state index contributed by atoms with van der Waals surface area (Å²) < 4.78 is 34.6. The third-order valence-electron chi connectivity index (χ3n) is 4.15. The van der Waals surface area contributed by atoms with Crippen LogP contribution in [-0.2, 0) is 29.1 Å². The Morgan fingerprint density at radius 3 is 2.56 bits per heavy atom. The van der Waals surface area contributed by atoms with Crippen molar-refractivity contribution in [2.24, 2.45) is 11.5 Å². The molecule has 3 atom stereocenters. The van der Waals surface area contributed by atoms with Gasteiger partial charge in [-0.25, -0.2) is 4.79 Å². The van der Waals surface area contributed by atoms with Gasteiger partial charge in [-0.3, -0.25) is 29.8 Å². The Balaban J connectivity index is 1.90. The molecule has 0 aromatic rings. The van der Waals surface area contributed by atoms with Crippen LogP contribution in [0.15, 0.2) is 0 Å². The number of carbonyl (C=O) groups excluding carboxylic acids is 4. The lowest BCUT2D eigenvalue weighted by atomic mass is 10.0. The van der Waals surface area contributed by atoms with Gasteiger partial charge in [0.05, 0.1) is 12.1 Å². The highest BCUT2D eigenvalue weighted by atomic mass is 32.3. The molecule has 14 nitrogen and oxygen atoms in total. The van der Waals surface area contributed by atoms with Gasteiger partial charge in [-0.1, -0.05) is 0 Å². The topological polar surface area (TPSA) is 214 Å². The second-order valence-electron chi connectivity index (χ2n) is 6.10. The molecular weight excluding hydrogens is 388 g/mol. The van der Waals surface area contributed by atoms with Gasteiger partial charge in [0.25, 0.3) is 11.8 Å². The highest BCUT2D eigenvalue weighted by molar-refractivity contribution is 7.80. The summed E-state index contributed by atoms with van der Waals surface area (Å²) in [6.07, 6.45) is 0.312. The van der Waals surface area contributed by atoms with Crippen molar-refractivity contribution in [3.8, 4) is 0 Å². The van der Waals surface area contributed by atoms with Crippen LogP contribution in [0, 0.1) is 0 Å². The summed E-state index contributed by atoms with van der Waals surface area (Å²) in [4.78, 5) is 48.0. The first-order valence-electron chi connectivity index (χ1n) is 7.90. The van der Waals surface area contributed by atoms with Gasteiger partial charge in [0.1, 0.15) is 6.04 Å². The fraction of sp³-hybridized carbons (Fsp3) is 0.667. The fourth-order valence-corrected chi connectivity index (χ4v) is 3.22. The molecule has 0 spiro atoms. The maximum Gasteiger partial charge on any atom is 0.418 e. The second kappa shape index (κ2) is 8.03. The minimum atomic E-state index is -4.89. The first-order chi connectivity index (χ1) is 12.5. The van der Waals surface area contributed by atoms with Gasteiger partial charge in [-0.15, -0.1) is 4.28 Å². The Labute approximate surface area is 154 Å². The SMILES string of the molecule is NC(=O)CC[C@H](N)C(=O)NNC(=O)[C@@H]1CC[C@H]2CN1C(=O)N2OS(=O)(=O)O. The van der Waals surface area contributed by atoms with Gasteiger partial charge in [0.15, 0.2) is 0 Å². The lowest BCUT2D eigenvalue weighted by Gasteiger charge is -2.29. The summed E-state index contributed by atoms with van der Waals surface area (Å²) >= 11 is 0. The van der Waals surface area contributed by atoms with E-state index in [-0.39, 0.29) is 32.2 Å². The van der Waals surface area contributed by atoms with Crippen molar-refractivity contribution in [2.75, 3.05) is 6.54 Å². The van der Waals surface area contributed by atoms with Crippen LogP contribution >= 0.6 is 0 Å². The Bertz CT molecular complexity index is 742. The molecule has 0 saturated carbocycles. The van der Waals surface area contributed by atoms with Crippen LogP contribution in [0.5, 0.6) is 0 Å².